The molecule has 1 aliphatic heterocycles. The molecule has 2 heterocycles. The Hall–Kier alpha value is -1.55. The third-order valence-corrected chi connectivity index (χ3v) is 3.68. The van der Waals surface area contributed by atoms with Crippen LogP contribution in [0.4, 0.5) is 0 Å². The van der Waals surface area contributed by atoms with Gasteiger partial charge in [0, 0.05) is 6.54 Å². The topological polar surface area (TPSA) is 30.1 Å². The van der Waals surface area contributed by atoms with Crippen LogP contribution in [0.2, 0.25) is 0 Å². The first-order valence-corrected chi connectivity index (χ1v) is 6.28. The van der Waals surface area contributed by atoms with E-state index in [-0.39, 0.29) is 0 Å². The Kier molecular flexibility index (Phi) is 2.52. The molecule has 0 amide bonds. The first-order valence-electron chi connectivity index (χ1n) is 5.88. The normalized spacial score (nSPS) is 14.6. The van der Waals surface area contributed by atoms with Gasteiger partial charge in [-0.25, -0.2) is 0 Å². The number of hydrogen-bond donors (Lipinski definition) is 1. The summed E-state index contributed by atoms with van der Waals surface area (Å²) in [4.78, 5) is 0. The van der Waals surface area contributed by atoms with Crippen LogP contribution in [0, 0.1) is 4.77 Å². The van der Waals surface area contributed by atoms with E-state index in [9.17, 15) is 5.11 Å². The van der Waals surface area contributed by atoms with Crippen molar-refractivity contribution in [1.82, 2.24) is 9.13 Å². The first kappa shape index (κ1) is 10.6. The number of nitrogens with zero attached hydrogens (tertiary/aromatic N) is 2. The van der Waals surface area contributed by atoms with E-state index < -0.39 is 0 Å². The van der Waals surface area contributed by atoms with E-state index in [1.165, 1.54) is 0 Å². The van der Waals surface area contributed by atoms with Crippen LogP contribution in [0.5, 0.6) is 5.88 Å². The highest BCUT2D eigenvalue weighted by atomic mass is 32.1. The molecule has 0 aliphatic carbocycles. The van der Waals surface area contributed by atoms with Gasteiger partial charge in [0.05, 0.1) is 11.4 Å². The maximum absolute atomic E-state index is 10.3. The van der Waals surface area contributed by atoms with Crippen molar-refractivity contribution in [2.75, 3.05) is 0 Å². The zero-order valence-electron chi connectivity index (χ0n) is 9.47. The largest absolute Gasteiger partial charge is 0.493 e. The van der Waals surface area contributed by atoms with Crippen molar-refractivity contribution in [2.45, 2.75) is 25.8 Å². The van der Waals surface area contributed by atoms with Gasteiger partial charge in [0.15, 0.2) is 4.77 Å². The van der Waals surface area contributed by atoms with Crippen molar-refractivity contribution < 1.29 is 5.11 Å². The summed E-state index contributed by atoms with van der Waals surface area (Å²) >= 11 is 5.45. The van der Waals surface area contributed by atoms with Crippen molar-refractivity contribution in [3.8, 4) is 11.6 Å². The summed E-state index contributed by atoms with van der Waals surface area (Å²) in [5, 5.41) is 10.3. The van der Waals surface area contributed by atoms with E-state index in [0.717, 1.165) is 37.2 Å². The van der Waals surface area contributed by atoms with Crippen LogP contribution in [-0.4, -0.2) is 14.2 Å². The number of aromatic hydroxyl groups is 1. The van der Waals surface area contributed by atoms with Crippen LogP contribution in [0.15, 0.2) is 30.3 Å². The van der Waals surface area contributed by atoms with Gasteiger partial charge < -0.3 is 9.67 Å². The number of hydrogen-bond acceptors (Lipinski definition) is 2. The number of para-hydroxylation sites is 1. The lowest BCUT2D eigenvalue weighted by Crippen LogP contribution is -2.09. The maximum Gasteiger partial charge on any atom is 0.218 e. The molecule has 4 heteroatoms. The average molecular weight is 246 g/mol. The van der Waals surface area contributed by atoms with Gasteiger partial charge in [-0.3, -0.25) is 4.57 Å². The number of fused-ring (bicyclic) bond motifs is 1. The highest BCUT2D eigenvalue weighted by molar-refractivity contribution is 7.71. The Balaban J connectivity index is 2.25. The standard InChI is InChI=1S/C13H14N2OS/c16-12-11-8-4-5-9-14(11)13(17)15(12)10-6-2-1-3-7-10/h1-3,6-7,16H,4-5,8-9H2. The average Bonchev–Trinajstić information content (AvgIpc) is 2.64. The van der Waals surface area contributed by atoms with Crippen molar-refractivity contribution in [1.29, 1.82) is 0 Å². The molecule has 17 heavy (non-hydrogen) atoms. The summed E-state index contributed by atoms with van der Waals surface area (Å²) in [6, 6.07) is 9.78. The zero-order chi connectivity index (χ0) is 11.8. The number of rotatable bonds is 1. The van der Waals surface area contributed by atoms with Gasteiger partial charge in [0.2, 0.25) is 5.88 Å². The van der Waals surface area contributed by atoms with Gasteiger partial charge >= 0.3 is 0 Å². The molecule has 0 saturated heterocycles. The van der Waals surface area contributed by atoms with Crippen molar-refractivity contribution in [2.24, 2.45) is 0 Å². The second kappa shape index (κ2) is 4.04. The first-order chi connectivity index (χ1) is 8.29. The summed E-state index contributed by atoms with van der Waals surface area (Å²) in [7, 11) is 0. The smallest absolute Gasteiger partial charge is 0.218 e. The Morgan fingerprint density at radius 1 is 1.12 bits per heavy atom. The fourth-order valence-electron chi connectivity index (χ4n) is 2.43. The third-order valence-electron chi connectivity index (χ3n) is 3.28. The number of benzene rings is 1. The number of imidazole rings is 1. The molecule has 0 fully saturated rings. The molecule has 2 aromatic rings. The minimum Gasteiger partial charge on any atom is -0.493 e. The minimum atomic E-state index is 0.306. The molecule has 1 aliphatic rings. The summed E-state index contributed by atoms with van der Waals surface area (Å²) in [5.41, 5.74) is 1.90. The van der Waals surface area contributed by atoms with E-state index in [0.29, 0.717) is 10.7 Å². The minimum absolute atomic E-state index is 0.306. The molecule has 0 radical (unpaired) electrons. The predicted molar refractivity (Wildman–Crippen MR) is 69.2 cm³/mol. The van der Waals surface area contributed by atoms with Gasteiger partial charge in [-0.15, -0.1) is 0 Å². The van der Waals surface area contributed by atoms with Gasteiger partial charge in [0.1, 0.15) is 0 Å². The molecular weight excluding hydrogens is 232 g/mol. The highest BCUT2D eigenvalue weighted by Gasteiger charge is 2.20. The summed E-state index contributed by atoms with van der Waals surface area (Å²) < 4.78 is 4.51. The van der Waals surface area contributed by atoms with Crippen LogP contribution >= 0.6 is 12.2 Å². The summed E-state index contributed by atoms with van der Waals surface area (Å²) in [5.74, 6) is 0.306. The molecule has 0 spiro atoms. The molecule has 0 bridgehead atoms. The lowest BCUT2D eigenvalue weighted by molar-refractivity contribution is 0.426. The zero-order valence-corrected chi connectivity index (χ0v) is 10.3. The Bertz CT molecular complexity index is 598. The Labute approximate surface area is 105 Å². The van der Waals surface area contributed by atoms with Gasteiger partial charge in [-0.05, 0) is 43.6 Å². The maximum atomic E-state index is 10.3. The van der Waals surface area contributed by atoms with Crippen LogP contribution < -0.4 is 0 Å². The fourth-order valence-corrected chi connectivity index (χ4v) is 2.82. The molecule has 88 valence electrons. The lowest BCUT2D eigenvalue weighted by Gasteiger charge is -2.12. The third kappa shape index (κ3) is 1.60. The van der Waals surface area contributed by atoms with Crippen LogP contribution in [0.3, 0.4) is 0 Å². The molecule has 1 N–H and O–H groups in total. The lowest BCUT2D eigenvalue weighted by atomic mass is 10.1. The van der Waals surface area contributed by atoms with Crippen LogP contribution in [0.1, 0.15) is 18.5 Å². The van der Waals surface area contributed by atoms with Crippen LogP contribution in [-0.2, 0) is 13.0 Å². The number of aromatic nitrogens is 2. The quantitative estimate of drug-likeness (QED) is 0.784. The highest BCUT2D eigenvalue weighted by Crippen LogP contribution is 2.29. The van der Waals surface area contributed by atoms with E-state index in [1.807, 2.05) is 30.3 Å². The Morgan fingerprint density at radius 3 is 2.59 bits per heavy atom. The molecular formula is C13H14N2OS. The fraction of sp³-hybridized carbons (Fsp3) is 0.308. The molecule has 3 nitrogen and oxygen atoms in total. The van der Waals surface area contributed by atoms with E-state index in [4.69, 9.17) is 12.2 Å². The van der Waals surface area contributed by atoms with E-state index in [2.05, 4.69) is 4.57 Å². The van der Waals surface area contributed by atoms with Gasteiger partial charge in [-0.2, -0.15) is 0 Å². The van der Waals surface area contributed by atoms with E-state index >= 15 is 0 Å². The summed E-state index contributed by atoms with van der Waals surface area (Å²) in [6.45, 7) is 0.918. The van der Waals surface area contributed by atoms with Crippen LogP contribution in [0.25, 0.3) is 5.69 Å². The van der Waals surface area contributed by atoms with Crippen molar-refractivity contribution in [3.63, 3.8) is 0 Å². The second-order valence-electron chi connectivity index (χ2n) is 4.33. The predicted octanol–water partition coefficient (Wildman–Crippen LogP) is 3.05. The van der Waals surface area contributed by atoms with Crippen molar-refractivity contribution >= 4 is 12.2 Å². The molecule has 1 aromatic carbocycles. The molecule has 0 unspecified atom stereocenters. The monoisotopic (exact) mass is 246 g/mol. The van der Waals surface area contributed by atoms with Gasteiger partial charge in [0.25, 0.3) is 0 Å². The molecule has 0 atom stereocenters. The molecule has 1 aromatic heterocycles. The van der Waals surface area contributed by atoms with Crippen molar-refractivity contribution in [3.05, 3.63) is 40.8 Å². The Morgan fingerprint density at radius 2 is 1.88 bits per heavy atom. The SMILES string of the molecule is Oc1c2n(c(=S)n1-c1ccccc1)CCCC2. The van der Waals surface area contributed by atoms with Gasteiger partial charge in [-0.1, -0.05) is 18.2 Å². The second-order valence-corrected chi connectivity index (χ2v) is 4.70. The summed E-state index contributed by atoms with van der Waals surface area (Å²) in [6.07, 6.45) is 3.18. The van der Waals surface area contributed by atoms with E-state index in [1.54, 1.807) is 4.57 Å². The molecule has 0 saturated carbocycles. The molecule has 3 rings (SSSR count).